The van der Waals surface area contributed by atoms with Gasteiger partial charge in [-0.05, 0) is 42.9 Å². The van der Waals surface area contributed by atoms with Gasteiger partial charge in [0.2, 0.25) is 0 Å². The van der Waals surface area contributed by atoms with Crippen molar-refractivity contribution in [2.75, 3.05) is 7.11 Å². The van der Waals surface area contributed by atoms with Gasteiger partial charge in [0.15, 0.2) is 0 Å². The Bertz CT molecular complexity index is 425. The Morgan fingerprint density at radius 1 is 1.30 bits per heavy atom. The van der Waals surface area contributed by atoms with Crippen molar-refractivity contribution < 1.29 is 9.84 Å². The van der Waals surface area contributed by atoms with Crippen LogP contribution in [0, 0.1) is 11.8 Å². The van der Waals surface area contributed by atoms with Gasteiger partial charge in [-0.15, -0.1) is 0 Å². The monoisotopic (exact) mass is 296 g/mol. The van der Waals surface area contributed by atoms with Crippen LogP contribution in [0.3, 0.4) is 0 Å². The fraction of sp³-hybridized carbons (Fsp3) is 0.647. The van der Waals surface area contributed by atoms with E-state index in [-0.39, 0.29) is 0 Å². The number of ether oxygens (including phenoxy) is 1. The van der Waals surface area contributed by atoms with E-state index < -0.39 is 6.10 Å². The van der Waals surface area contributed by atoms with Crippen molar-refractivity contribution in [1.82, 2.24) is 0 Å². The van der Waals surface area contributed by atoms with E-state index in [2.05, 4.69) is 6.92 Å². The highest BCUT2D eigenvalue weighted by Gasteiger charge is 2.28. The number of halogens is 1. The fourth-order valence-corrected chi connectivity index (χ4v) is 3.57. The molecule has 0 spiro atoms. The molecule has 0 bridgehead atoms. The van der Waals surface area contributed by atoms with Crippen LogP contribution in [0.4, 0.5) is 0 Å². The quantitative estimate of drug-likeness (QED) is 0.829. The van der Waals surface area contributed by atoms with Crippen molar-refractivity contribution in [3.8, 4) is 5.75 Å². The Morgan fingerprint density at radius 3 is 2.60 bits per heavy atom. The summed E-state index contributed by atoms with van der Waals surface area (Å²) in [5, 5.41) is 11.3. The van der Waals surface area contributed by atoms with Crippen LogP contribution in [0.2, 0.25) is 5.02 Å². The van der Waals surface area contributed by atoms with Crippen LogP contribution >= 0.6 is 11.6 Å². The molecule has 1 aliphatic rings. The molecule has 1 atom stereocenters. The highest BCUT2D eigenvalue weighted by atomic mass is 35.5. The highest BCUT2D eigenvalue weighted by Crippen LogP contribution is 2.41. The molecule has 1 aromatic rings. The van der Waals surface area contributed by atoms with E-state index in [4.69, 9.17) is 16.3 Å². The molecule has 2 nitrogen and oxygen atoms in total. The number of hydrogen-bond donors (Lipinski definition) is 1. The molecule has 0 amide bonds. The summed E-state index contributed by atoms with van der Waals surface area (Å²) in [6, 6.07) is 5.47. The number of methoxy groups -OCH3 is 1. The summed E-state index contributed by atoms with van der Waals surface area (Å²) in [7, 11) is 1.64. The second kappa shape index (κ2) is 7.33. The van der Waals surface area contributed by atoms with Gasteiger partial charge in [-0.2, -0.15) is 0 Å². The molecule has 112 valence electrons. The second-order valence-electron chi connectivity index (χ2n) is 5.90. The number of benzene rings is 1. The normalized spacial score (nSPS) is 24.4. The minimum atomic E-state index is -0.466. The summed E-state index contributed by atoms with van der Waals surface area (Å²) >= 11 is 6.05. The smallest absolute Gasteiger partial charge is 0.124 e. The molecule has 0 heterocycles. The maximum atomic E-state index is 10.7. The van der Waals surface area contributed by atoms with E-state index in [1.807, 2.05) is 12.1 Å². The lowest BCUT2D eigenvalue weighted by Gasteiger charge is -2.32. The molecule has 1 saturated carbocycles. The van der Waals surface area contributed by atoms with Crippen molar-refractivity contribution in [3.63, 3.8) is 0 Å². The summed E-state index contributed by atoms with van der Waals surface area (Å²) in [6.45, 7) is 2.25. The zero-order chi connectivity index (χ0) is 14.5. The first-order valence-electron chi connectivity index (χ1n) is 7.67. The third-order valence-corrected chi connectivity index (χ3v) is 4.78. The predicted octanol–water partition coefficient (Wildman–Crippen LogP) is 4.99. The fourth-order valence-electron chi connectivity index (χ4n) is 3.39. The molecule has 0 aromatic heterocycles. The van der Waals surface area contributed by atoms with E-state index in [1.54, 1.807) is 13.2 Å². The Morgan fingerprint density at radius 2 is 2.00 bits per heavy atom. The molecule has 2 rings (SSSR count). The summed E-state index contributed by atoms with van der Waals surface area (Å²) in [5.74, 6) is 1.91. The summed E-state index contributed by atoms with van der Waals surface area (Å²) in [5.41, 5.74) is 0.832. The van der Waals surface area contributed by atoms with Crippen LogP contribution in [-0.4, -0.2) is 12.2 Å². The molecule has 20 heavy (non-hydrogen) atoms. The molecule has 0 aliphatic heterocycles. The standard InChI is InChI=1S/C17H25ClO2/c1-3-4-12-5-7-13(8-6-12)17(19)15-11-14(18)9-10-16(15)20-2/h9-13,17,19H,3-8H2,1-2H3. The first-order valence-corrected chi connectivity index (χ1v) is 8.05. The largest absolute Gasteiger partial charge is 0.496 e. The van der Waals surface area contributed by atoms with Gasteiger partial charge < -0.3 is 9.84 Å². The Kier molecular flexibility index (Phi) is 5.74. The van der Waals surface area contributed by atoms with Crippen LogP contribution in [0.15, 0.2) is 18.2 Å². The van der Waals surface area contributed by atoms with Gasteiger partial charge in [-0.3, -0.25) is 0 Å². The zero-order valence-electron chi connectivity index (χ0n) is 12.4. The van der Waals surface area contributed by atoms with Crippen LogP contribution in [0.25, 0.3) is 0 Å². The molecule has 3 heteroatoms. The maximum absolute atomic E-state index is 10.7. The van der Waals surface area contributed by atoms with Crippen LogP contribution < -0.4 is 4.74 Å². The van der Waals surface area contributed by atoms with E-state index in [1.165, 1.54) is 25.7 Å². The number of rotatable bonds is 5. The molecular weight excluding hydrogens is 272 g/mol. The van der Waals surface area contributed by atoms with Gasteiger partial charge in [-0.25, -0.2) is 0 Å². The molecule has 1 unspecified atom stereocenters. The SMILES string of the molecule is CCCC1CCC(C(O)c2cc(Cl)ccc2OC)CC1. The Hall–Kier alpha value is -0.730. The molecule has 0 saturated heterocycles. The first-order chi connectivity index (χ1) is 9.65. The third kappa shape index (κ3) is 3.67. The van der Waals surface area contributed by atoms with Crippen LogP contribution in [0.5, 0.6) is 5.75 Å². The average molecular weight is 297 g/mol. The Balaban J connectivity index is 2.05. The molecule has 1 N–H and O–H groups in total. The van der Waals surface area contributed by atoms with Crippen LogP contribution in [-0.2, 0) is 0 Å². The van der Waals surface area contributed by atoms with E-state index >= 15 is 0 Å². The number of hydrogen-bond acceptors (Lipinski definition) is 2. The average Bonchev–Trinajstić information content (AvgIpc) is 2.47. The summed E-state index contributed by atoms with van der Waals surface area (Å²) in [6.07, 6.45) is 6.79. The van der Waals surface area contributed by atoms with Crippen molar-refractivity contribution in [2.24, 2.45) is 11.8 Å². The minimum absolute atomic E-state index is 0.329. The third-order valence-electron chi connectivity index (χ3n) is 4.55. The second-order valence-corrected chi connectivity index (χ2v) is 6.34. The van der Waals surface area contributed by atoms with E-state index in [0.29, 0.717) is 10.9 Å². The summed E-state index contributed by atoms with van der Waals surface area (Å²) in [4.78, 5) is 0. The van der Waals surface area contributed by atoms with E-state index in [9.17, 15) is 5.11 Å². The lowest BCUT2D eigenvalue weighted by Crippen LogP contribution is -2.21. The molecular formula is C17H25ClO2. The van der Waals surface area contributed by atoms with Gasteiger partial charge in [0.05, 0.1) is 13.2 Å². The minimum Gasteiger partial charge on any atom is -0.496 e. The van der Waals surface area contributed by atoms with Crippen molar-refractivity contribution >= 4 is 11.6 Å². The maximum Gasteiger partial charge on any atom is 0.124 e. The van der Waals surface area contributed by atoms with Gasteiger partial charge in [-0.1, -0.05) is 44.2 Å². The van der Waals surface area contributed by atoms with Crippen molar-refractivity contribution in [3.05, 3.63) is 28.8 Å². The molecule has 1 fully saturated rings. The molecule has 1 aromatic carbocycles. The lowest BCUT2D eigenvalue weighted by atomic mass is 9.76. The number of aliphatic hydroxyl groups excluding tert-OH is 1. The molecule has 0 radical (unpaired) electrons. The van der Waals surface area contributed by atoms with Crippen LogP contribution in [0.1, 0.15) is 57.1 Å². The van der Waals surface area contributed by atoms with Gasteiger partial charge in [0, 0.05) is 10.6 Å². The van der Waals surface area contributed by atoms with Gasteiger partial charge in [0.1, 0.15) is 5.75 Å². The topological polar surface area (TPSA) is 29.5 Å². The van der Waals surface area contributed by atoms with Gasteiger partial charge >= 0.3 is 0 Å². The summed E-state index contributed by atoms with van der Waals surface area (Å²) < 4.78 is 5.35. The first kappa shape index (κ1) is 15.7. The van der Waals surface area contributed by atoms with Crippen molar-refractivity contribution in [1.29, 1.82) is 0 Å². The highest BCUT2D eigenvalue weighted by molar-refractivity contribution is 6.30. The lowest BCUT2D eigenvalue weighted by molar-refractivity contribution is 0.0702. The van der Waals surface area contributed by atoms with E-state index in [0.717, 1.165) is 30.1 Å². The Labute approximate surface area is 127 Å². The number of aliphatic hydroxyl groups is 1. The predicted molar refractivity (Wildman–Crippen MR) is 83.3 cm³/mol. The van der Waals surface area contributed by atoms with Gasteiger partial charge in [0.25, 0.3) is 0 Å². The van der Waals surface area contributed by atoms with Crippen molar-refractivity contribution in [2.45, 2.75) is 51.6 Å². The molecule has 1 aliphatic carbocycles. The zero-order valence-corrected chi connectivity index (χ0v) is 13.2.